The van der Waals surface area contributed by atoms with Crippen molar-refractivity contribution in [2.75, 3.05) is 58.8 Å². The van der Waals surface area contributed by atoms with E-state index in [2.05, 4.69) is 51.3 Å². The summed E-state index contributed by atoms with van der Waals surface area (Å²) in [4.78, 5) is 19.7. The average molecular weight is 425 g/mol. The molecule has 1 aliphatic rings. The van der Waals surface area contributed by atoms with Crippen molar-refractivity contribution >= 4 is 11.6 Å². The number of carbonyl (C=O) groups is 1. The maximum atomic E-state index is 12.8. The van der Waals surface area contributed by atoms with Crippen LogP contribution >= 0.6 is 0 Å². The minimum Gasteiger partial charge on any atom is -0.491 e. The Bertz CT molecular complexity index is 826. The highest BCUT2D eigenvalue weighted by atomic mass is 16.5. The molecule has 6 nitrogen and oxygen atoms in total. The maximum absolute atomic E-state index is 12.8. The number of hydrogen-bond donors (Lipinski definition) is 1. The minimum absolute atomic E-state index is 0.0554. The maximum Gasteiger partial charge on any atom is 0.251 e. The second kappa shape index (κ2) is 10.6. The zero-order valence-electron chi connectivity index (χ0n) is 19.5. The van der Waals surface area contributed by atoms with Gasteiger partial charge >= 0.3 is 0 Å². The Balaban J connectivity index is 1.70. The molecule has 0 unspecified atom stereocenters. The van der Waals surface area contributed by atoms with Crippen LogP contribution in [0.4, 0.5) is 5.69 Å². The molecule has 1 N–H and O–H groups in total. The highest BCUT2D eigenvalue weighted by Crippen LogP contribution is 2.24. The van der Waals surface area contributed by atoms with Gasteiger partial charge in [-0.05, 0) is 62.9 Å². The van der Waals surface area contributed by atoms with Gasteiger partial charge in [-0.3, -0.25) is 9.69 Å². The fourth-order valence-corrected chi connectivity index (χ4v) is 3.83. The zero-order valence-corrected chi connectivity index (χ0v) is 19.5. The summed E-state index contributed by atoms with van der Waals surface area (Å²) < 4.78 is 5.67. The summed E-state index contributed by atoms with van der Waals surface area (Å²) in [6.07, 6.45) is 0.114. The van der Waals surface area contributed by atoms with Gasteiger partial charge in [0.2, 0.25) is 0 Å². The van der Waals surface area contributed by atoms with Crippen LogP contribution in [0.3, 0.4) is 0 Å². The molecule has 1 heterocycles. The number of likely N-dealkylation sites (N-methyl/N-ethyl adjacent to an activating group) is 1. The fourth-order valence-electron chi connectivity index (χ4n) is 3.83. The van der Waals surface area contributed by atoms with Gasteiger partial charge in [0.15, 0.2) is 0 Å². The molecule has 1 atom stereocenters. The molecule has 0 aliphatic carbocycles. The van der Waals surface area contributed by atoms with E-state index in [1.54, 1.807) is 0 Å². The van der Waals surface area contributed by atoms with E-state index in [-0.39, 0.29) is 18.1 Å². The second-order valence-electron chi connectivity index (χ2n) is 8.74. The van der Waals surface area contributed by atoms with E-state index in [0.29, 0.717) is 12.1 Å². The van der Waals surface area contributed by atoms with Gasteiger partial charge in [-0.1, -0.05) is 12.1 Å². The predicted molar refractivity (Wildman–Crippen MR) is 127 cm³/mol. The van der Waals surface area contributed by atoms with Gasteiger partial charge in [0.05, 0.1) is 12.1 Å². The van der Waals surface area contributed by atoms with Crippen molar-refractivity contribution in [2.24, 2.45) is 0 Å². The number of carbonyl (C=O) groups excluding carboxylic acids is 1. The lowest BCUT2D eigenvalue weighted by Crippen LogP contribution is -2.48. The first-order valence-electron chi connectivity index (χ1n) is 11.1. The van der Waals surface area contributed by atoms with Gasteiger partial charge in [0.1, 0.15) is 5.75 Å². The number of benzene rings is 2. The third-order valence-corrected chi connectivity index (χ3v) is 5.72. The third-order valence-electron chi connectivity index (χ3n) is 5.72. The molecule has 0 aromatic heterocycles. The first kappa shape index (κ1) is 23.1. The summed E-state index contributed by atoms with van der Waals surface area (Å²) in [7, 11) is 6.25. The van der Waals surface area contributed by atoms with E-state index in [1.165, 1.54) is 11.3 Å². The molecule has 0 radical (unpaired) electrons. The second-order valence-corrected chi connectivity index (χ2v) is 8.74. The fraction of sp³-hybridized carbons (Fsp3) is 0.480. The van der Waals surface area contributed by atoms with Crippen LogP contribution in [-0.4, -0.2) is 75.7 Å². The molecule has 1 fully saturated rings. The van der Waals surface area contributed by atoms with Gasteiger partial charge in [-0.2, -0.15) is 0 Å². The SMILES string of the molecule is CC(C)Oc1ccc(C(=O)NC[C@H](c2ccc(N(C)C)cc2)N2CCN(C)CC2)cc1. The quantitative estimate of drug-likeness (QED) is 0.705. The Labute approximate surface area is 186 Å². The van der Waals surface area contributed by atoms with Crippen LogP contribution in [0.1, 0.15) is 35.8 Å². The lowest BCUT2D eigenvalue weighted by Gasteiger charge is -2.38. The van der Waals surface area contributed by atoms with E-state index in [9.17, 15) is 4.79 Å². The van der Waals surface area contributed by atoms with E-state index >= 15 is 0 Å². The summed E-state index contributed by atoms with van der Waals surface area (Å²) in [5.41, 5.74) is 3.06. The Hall–Kier alpha value is -2.57. The van der Waals surface area contributed by atoms with E-state index in [4.69, 9.17) is 4.74 Å². The van der Waals surface area contributed by atoms with E-state index in [0.717, 1.165) is 31.9 Å². The Morgan fingerprint density at radius 1 is 1.00 bits per heavy atom. The molecule has 0 saturated carbocycles. The monoisotopic (exact) mass is 424 g/mol. The number of piperazine rings is 1. The molecule has 2 aromatic carbocycles. The summed E-state index contributed by atoms with van der Waals surface area (Å²) in [5.74, 6) is 0.725. The van der Waals surface area contributed by atoms with Gasteiger partial charge < -0.3 is 19.9 Å². The number of rotatable bonds is 8. The van der Waals surface area contributed by atoms with E-state index < -0.39 is 0 Å². The van der Waals surface area contributed by atoms with Crippen LogP contribution in [0.25, 0.3) is 0 Å². The zero-order chi connectivity index (χ0) is 22.4. The van der Waals surface area contributed by atoms with Gasteiger partial charge in [0.25, 0.3) is 5.91 Å². The lowest BCUT2D eigenvalue weighted by atomic mass is 10.0. The number of nitrogens with one attached hydrogen (secondary N) is 1. The molecule has 2 aromatic rings. The minimum atomic E-state index is -0.0554. The first-order chi connectivity index (χ1) is 14.8. The smallest absolute Gasteiger partial charge is 0.251 e. The standard InChI is InChI=1S/C25H36N4O2/c1-19(2)31-23-12-8-21(9-13-23)25(30)26-18-24(29-16-14-28(5)15-17-29)20-6-10-22(11-7-20)27(3)4/h6-13,19,24H,14-18H2,1-5H3,(H,26,30)/t24-/m1/s1. The summed E-state index contributed by atoms with van der Waals surface area (Å²) in [6.45, 7) is 8.62. The van der Waals surface area contributed by atoms with Crippen LogP contribution in [0.2, 0.25) is 0 Å². The number of ether oxygens (including phenoxy) is 1. The van der Waals surface area contributed by atoms with Crippen LogP contribution in [0.15, 0.2) is 48.5 Å². The van der Waals surface area contributed by atoms with E-state index in [1.807, 2.05) is 52.2 Å². The summed E-state index contributed by atoms with van der Waals surface area (Å²) in [5, 5.41) is 3.16. The molecule has 31 heavy (non-hydrogen) atoms. The van der Waals surface area contributed by atoms with Crippen LogP contribution in [0.5, 0.6) is 5.75 Å². The molecule has 1 aliphatic heterocycles. The van der Waals surface area contributed by atoms with Crippen molar-refractivity contribution in [1.29, 1.82) is 0 Å². The molecule has 1 amide bonds. The normalized spacial score (nSPS) is 16.2. The number of amides is 1. The van der Waals surface area contributed by atoms with Crippen molar-refractivity contribution < 1.29 is 9.53 Å². The molecule has 6 heteroatoms. The number of hydrogen-bond acceptors (Lipinski definition) is 5. The number of nitrogens with zero attached hydrogens (tertiary/aromatic N) is 3. The van der Waals surface area contributed by atoms with Crippen molar-refractivity contribution in [1.82, 2.24) is 15.1 Å². The lowest BCUT2D eigenvalue weighted by molar-refractivity contribution is 0.0886. The van der Waals surface area contributed by atoms with Crippen molar-refractivity contribution in [2.45, 2.75) is 26.0 Å². The van der Waals surface area contributed by atoms with Crippen LogP contribution in [-0.2, 0) is 0 Å². The molecule has 1 saturated heterocycles. The predicted octanol–water partition coefficient (Wildman–Crippen LogP) is 3.26. The Morgan fingerprint density at radius 3 is 2.16 bits per heavy atom. The molecule has 0 spiro atoms. The van der Waals surface area contributed by atoms with Crippen molar-refractivity contribution in [3.05, 3.63) is 59.7 Å². The van der Waals surface area contributed by atoms with Gasteiger partial charge in [0, 0.05) is 58.1 Å². The van der Waals surface area contributed by atoms with Crippen molar-refractivity contribution in [3.8, 4) is 5.75 Å². The summed E-state index contributed by atoms with van der Waals surface area (Å²) in [6, 6.07) is 16.2. The van der Waals surface area contributed by atoms with Crippen molar-refractivity contribution in [3.63, 3.8) is 0 Å². The van der Waals surface area contributed by atoms with Gasteiger partial charge in [-0.15, -0.1) is 0 Å². The molecule has 168 valence electrons. The highest BCUT2D eigenvalue weighted by Gasteiger charge is 2.24. The highest BCUT2D eigenvalue weighted by molar-refractivity contribution is 5.94. The Kier molecular flexibility index (Phi) is 7.93. The average Bonchev–Trinajstić information content (AvgIpc) is 2.75. The van der Waals surface area contributed by atoms with Crippen LogP contribution < -0.4 is 15.0 Å². The Morgan fingerprint density at radius 2 is 1.61 bits per heavy atom. The largest absolute Gasteiger partial charge is 0.491 e. The molecular weight excluding hydrogens is 388 g/mol. The van der Waals surface area contributed by atoms with Crippen LogP contribution in [0, 0.1) is 0 Å². The first-order valence-corrected chi connectivity index (χ1v) is 11.1. The summed E-state index contributed by atoms with van der Waals surface area (Å²) >= 11 is 0. The van der Waals surface area contributed by atoms with Gasteiger partial charge in [-0.25, -0.2) is 0 Å². The molecule has 3 rings (SSSR count). The number of anilines is 1. The topological polar surface area (TPSA) is 48.1 Å². The third kappa shape index (κ3) is 6.45. The molecular formula is C25H36N4O2. The molecule has 0 bridgehead atoms.